The van der Waals surface area contributed by atoms with Crippen molar-refractivity contribution in [3.63, 3.8) is 0 Å². The second-order valence-electron chi connectivity index (χ2n) is 6.50. The van der Waals surface area contributed by atoms with E-state index in [1.165, 1.54) is 77.4 Å². The normalized spacial score (nSPS) is 20.4. The molecule has 0 aromatic carbocycles. The van der Waals surface area contributed by atoms with E-state index in [0.717, 1.165) is 6.04 Å². The van der Waals surface area contributed by atoms with E-state index in [0.29, 0.717) is 6.04 Å². The Hall–Kier alpha value is -0.0800. The Morgan fingerprint density at radius 2 is 1.79 bits per heavy atom. The molecule has 1 aliphatic heterocycles. The van der Waals surface area contributed by atoms with Gasteiger partial charge in [-0.05, 0) is 46.2 Å². The van der Waals surface area contributed by atoms with Gasteiger partial charge in [-0.2, -0.15) is 0 Å². The van der Waals surface area contributed by atoms with Crippen molar-refractivity contribution in [2.24, 2.45) is 0 Å². The quantitative estimate of drug-likeness (QED) is 0.597. The molecule has 0 saturated carbocycles. The fraction of sp³-hybridized carbons (Fsp3) is 1.00. The Morgan fingerprint density at radius 3 is 2.42 bits per heavy atom. The number of nitrogens with zero attached hydrogens (tertiary/aromatic N) is 1. The topological polar surface area (TPSA) is 15.3 Å². The average Bonchev–Trinajstić information content (AvgIpc) is 2.42. The van der Waals surface area contributed by atoms with Crippen LogP contribution in [0.4, 0.5) is 0 Å². The summed E-state index contributed by atoms with van der Waals surface area (Å²) < 4.78 is 0. The van der Waals surface area contributed by atoms with E-state index >= 15 is 0 Å². The van der Waals surface area contributed by atoms with Gasteiger partial charge in [-0.25, -0.2) is 0 Å². The lowest BCUT2D eigenvalue weighted by Crippen LogP contribution is -2.46. The van der Waals surface area contributed by atoms with Gasteiger partial charge in [0.25, 0.3) is 0 Å². The van der Waals surface area contributed by atoms with Crippen molar-refractivity contribution in [2.75, 3.05) is 19.6 Å². The van der Waals surface area contributed by atoms with Crippen LogP contribution in [0.15, 0.2) is 0 Å². The minimum Gasteiger partial charge on any atom is -0.313 e. The molecule has 19 heavy (non-hydrogen) atoms. The summed E-state index contributed by atoms with van der Waals surface area (Å²) in [5, 5.41) is 3.68. The zero-order valence-corrected chi connectivity index (χ0v) is 13.6. The number of hydrogen-bond acceptors (Lipinski definition) is 2. The molecule has 1 rings (SSSR count). The standard InChI is InChI=1S/C17H36N2/c1-4-5-6-7-8-11-14-19(16(2)3)15-17-12-9-10-13-18-17/h16-18H,4-15H2,1-3H3. The van der Waals surface area contributed by atoms with E-state index in [1.807, 2.05) is 0 Å². The lowest BCUT2D eigenvalue weighted by atomic mass is 10.0. The number of nitrogens with one attached hydrogen (secondary N) is 1. The SMILES string of the molecule is CCCCCCCCN(CC1CCCCN1)C(C)C. The van der Waals surface area contributed by atoms with Crippen LogP contribution in [0.5, 0.6) is 0 Å². The van der Waals surface area contributed by atoms with Crippen molar-refractivity contribution in [2.45, 2.75) is 90.6 Å². The number of unbranched alkanes of at least 4 members (excludes halogenated alkanes) is 5. The van der Waals surface area contributed by atoms with Crippen molar-refractivity contribution in [1.82, 2.24) is 10.2 Å². The van der Waals surface area contributed by atoms with Gasteiger partial charge < -0.3 is 5.32 Å². The summed E-state index contributed by atoms with van der Waals surface area (Å²) in [6.45, 7) is 10.8. The van der Waals surface area contributed by atoms with Crippen molar-refractivity contribution in [3.05, 3.63) is 0 Å². The molecule has 0 amide bonds. The minimum absolute atomic E-state index is 0.694. The van der Waals surface area contributed by atoms with Gasteiger partial charge in [-0.3, -0.25) is 4.90 Å². The van der Waals surface area contributed by atoms with Gasteiger partial charge >= 0.3 is 0 Å². The summed E-state index contributed by atoms with van der Waals surface area (Å²) in [6, 6.07) is 1.44. The molecule has 0 aromatic heterocycles. The van der Waals surface area contributed by atoms with Crippen LogP contribution in [-0.4, -0.2) is 36.6 Å². The predicted octanol–water partition coefficient (Wildman–Crippen LogP) is 4.20. The molecule has 0 aliphatic carbocycles. The maximum atomic E-state index is 3.68. The smallest absolute Gasteiger partial charge is 0.0195 e. The lowest BCUT2D eigenvalue weighted by Gasteiger charge is -2.33. The Kier molecular flexibility index (Phi) is 9.54. The van der Waals surface area contributed by atoms with Gasteiger partial charge in [-0.15, -0.1) is 0 Å². The Labute approximate surface area is 121 Å². The summed E-state index contributed by atoms with van der Waals surface area (Å²) in [7, 11) is 0. The van der Waals surface area contributed by atoms with Crippen molar-refractivity contribution >= 4 is 0 Å². The van der Waals surface area contributed by atoms with Crippen LogP contribution in [0.1, 0.15) is 78.6 Å². The lowest BCUT2D eigenvalue weighted by molar-refractivity contribution is 0.181. The highest BCUT2D eigenvalue weighted by molar-refractivity contribution is 4.77. The van der Waals surface area contributed by atoms with Gasteiger partial charge in [-0.1, -0.05) is 45.4 Å². The molecule has 2 nitrogen and oxygen atoms in total. The third-order valence-corrected chi connectivity index (χ3v) is 4.40. The van der Waals surface area contributed by atoms with Crippen LogP contribution < -0.4 is 5.32 Å². The monoisotopic (exact) mass is 268 g/mol. The van der Waals surface area contributed by atoms with Crippen LogP contribution in [-0.2, 0) is 0 Å². The van der Waals surface area contributed by atoms with E-state index in [-0.39, 0.29) is 0 Å². The zero-order valence-electron chi connectivity index (χ0n) is 13.6. The molecule has 1 N–H and O–H groups in total. The fourth-order valence-electron chi connectivity index (χ4n) is 3.02. The maximum Gasteiger partial charge on any atom is 0.0195 e. The summed E-state index contributed by atoms with van der Waals surface area (Å²) >= 11 is 0. The number of hydrogen-bond donors (Lipinski definition) is 1. The summed E-state index contributed by atoms with van der Waals surface area (Å²) in [4.78, 5) is 2.68. The second kappa shape index (κ2) is 10.7. The third kappa shape index (κ3) is 7.94. The van der Waals surface area contributed by atoms with Gasteiger partial charge in [0.1, 0.15) is 0 Å². The van der Waals surface area contributed by atoms with Crippen LogP contribution in [0, 0.1) is 0 Å². The van der Waals surface area contributed by atoms with Crippen LogP contribution in [0.25, 0.3) is 0 Å². The first-order valence-electron chi connectivity index (χ1n) is 8.71. The van der Waals surface area contributed by atoms with E-state index in [1.54, 1.807) is 0 Å². The van der Waals surface area contributed by atoms with Crippen molar-refractivity contribution < 1.29 is 0 Å². The molecule has 1 atom stereocenters. The molecule has 1 aliphatic rings. The van der Waals surface area contributed by atoms with E-state index < -0.39 is 0 Å². The van der Waals surface area contributed by atoms with Crippen LogP contribution in [0.3, 0.4) is 0 Å². The number of piperidine rings is 1. The molecule has 0 aromatic rings. The zero-order chi connectivity index (χ0) is 13.9. The molecule has 1 unspecified atom stereocenters. The molecular formula is C17H36N2. The maximum absolute atomic E-state index is 3.68. The molecule has 2 heteroatoms. The average molecular weight is 268 g/mol. The molecule has 0 bridgehead atoms. The minimum atomic E-state index is 0.694. The van der Waals surface area contributed by atoms with Gasteiger partial charge in [0.2, 0.25) is 0 Å². The Bertz CT molecular complexity index is 197. The fourth-order valence-corrected chi connectivity index (χ4v) is 3.02. The molecule has 0 spiro atoms. The van der Waals surface area contributed by atoms with Crippen molar-refractivity contribution in [3.8, 4) is 0 Å². The third-order valence-electron chi connectivity index (χ3n) is 4.40. The highest BCUT2D eigenvalue weighted by Crippen LogP contribution is 2.12. The van der Waals surface area contributed by atoms with E-state index in [9.17, 15) is 0 Å². The highest BCUT2D eigenvalue weighted by atomic mass is 15.2. The van der Waals surface area contributed by atoms with Gasteiger partial charge in [0, 0.05) is 18.6 Å². The van der Waals surface area contributed by atoms with Gasteiger partial charge in [0.05, 0.1) is 0 Å². The molecule has 1 heterocycles. The summed E-state index contributed by atoms with van der Waals surface area (Å²) in [6.07, 6.45) is 12.6. The van der Waals surface area contributed by atoms with Crippen LogP contribution in [0.2, 0.25) is 0 Å². The molecule has 1 saturated heterocycles. The number of rotatable bonds is 10. The predicted molar refractivity (Wildman–Crippen MR) is 85.7 cm³/mol. The van der Waals surface area contributed by atoms with Crippen molar-refractivity contribution in [1.29, 1.82) is 0 Å². The van der Waals surface area contributed by atoms with E-state index in [2.05, 4.69) is 31.0 Å². The van der Waals surface area contributed by atoms with Crippen LogP contribution >= 0.6 is 0 Å². The molecule has 114 valence electrons. The largest absolute Gasteiger partial charge is 0.313 e. The summed E-state index contributed by atoms with van der Waals surface area (Å²) in [5.74, 6) is 0. The van der Waals surface area contributed by atoms with E-state index in [4.69, 9.17) is 0 Å². The first kappa shape index (κ1) is 17.0. The first-order valence-corrected chi connectivity index (χ1v) is 8.71. The first-order chi connectivity index (χ1) is 9.24. The summed E-state index contributed by atoms with van der Waals surface area (Å²) in [5.41, 5.74) is 0. The molecular weight excluding hydrogens is 232 g/mol. The Balaban J connectivity index is 2.13. The molecule has 0 radical (unpaired) electrons. The van der Waals surface area contributed by atoms with Gasteiger partial charge in [0.15, 0.2) is 0 Å². The second-order valence-corrected chi connectivity index (χ2v) is 6.50. The molecule has 1 fully saturated rings. The Morgan fingerprint density at radius 1 is 1.05 bits per heavy atom. The highest BCUT2D eigenvalue weighted by Gasteiger charge is 2.17.